The summed E-state index contributed by atoms with van der Waals surface area (Å²) in [5.74, 6) is -0.743. The Kier molecular flexibility index (Phi) is 6.54. The molecule has 1 amide bonds. The van der Waals surface area contributed by atoms with Gasteiger partial charge in [0.25, 0.3) is 11.5 Å². The summed E-state index contributed by atoms with van der Waals surface area (Å²) < 4.78 is 7.50. The van der Waals surface area contributed by atoms with Crippen molar-refractivity contribution in [2.75, 3.05) is 0 Å². The van der Waals surface area contributed by atoms with Gasteiger partial charge in [-0.15, -0.1) is 0 Å². The molecular weight excluding hydrogens is 502 g/mol. The molecule has 6 rings (SSSR count). The van der Waals surface area contributed by atoms with E-state index in [1.165, 1.54) is 9.58 Å². The highest BCUT2D eigenvalue weighted by molar-refractivity contribution is 6.10. The average molecular weight is 528 g/mol. The summed E-state index contributed by atoms with van der Waals surface area (Å²) in [6.07, 6.45) is 0.270. The number of amides is 1. The van der Waals surface area contributed by atoms with Gasteiger partial charge < -0.3 is 9.30 Å². The molecular formula is C33H25N3O4. The molecule has 0 N–H and O–H groups in total. The first-order valence-corrected chi connectivity index (χ1v) is 12.9. The molecule has 0 fully saturated rings. The van der Waals surface area contributed by atoms with Crippen LogP contribution >= 0.6 is 0 Å². The molecule has 0 unspecified atom stereocenters. The molecule has 40 heavy (non-hydrogen) atoms. The number of para-hydroxylation sites is 1. The van der Waals surface area contributed by atoms with Crippen LogP contribution in [0.1, 0.15) is 44.3 Å². The molecule has 0 saturated heterocycles. The number of fused-ring (bicyclic) bond motifs is 1. The number of esters is 1. The quantitative estimate of drug-likeness (QED) is 0.273. The van der Waals surface area contributed by atoms with E-state index in [9.17, 15) is 14.4 Å². The Labute approximate surface area is 230 Å². The Hall–Kier alpha value is -5.30. The van der Waals surface area contributed by atoms with Crippen molar-refractivity contribution in [3.05, 3.63) is 148 Å². The van der Waals surface area contributed by atoms with Gasteiger partial charge in [0, 0.05) is 24.4 Å². The SMILES string of the molecule is Cn1c(=O)c(C2=NN(C(=O)c3ccccc3)[C@@H](c3ccccc3)C2)c(OC(=O)c2ccccc2)c2ccccc21. The summed E-state index contributed by atoms with van der Waals surface area (Å²) in [5, 5.41) is 6.76. The predicted octanol–water partition coefficient (Wildman–Crippen LogP) is 5.75. The highest BCUT2D eigenvalue weighted by atomic mass is 16.5. The molecule has 1 aliphatic rings. The lowest BCUT2D eigenvalue weighted by atomic mass is 9.97. The summed E-state index contributed by atoms with van der Waals surface area (Å²) in [6, 6.07) is 33.9. The number of rotatable bonds is 5. The van der Waals surface area contributed by atoms with Gasteiger partial charge in [0.1, 0.15) is 5.56 Å². The van der Waals surface area contributed by atoms with Crippen LogP contribution in [0.5, 0.6) is 5.75 Å². The Morgan fingerprint density at radius 1 is 0.775 bits per heavy atom. The minimum absolute atomic E-state index is 0.132. The summed E-state index contributed by atoms with van der Waals surface area (Å²) in [6.45, 7) is 0. The van der Waals surface area contributed by atoms with Crippen LogP contribution in [0, 0.1) is 0 Å². The Bertz CT molecular complexity index is 1810. The smallest absolute Gasteiger partial charge is 0.343 e. The van der Waals surface area contributed by atoms with Crippen LogP contribution in [-0.2, 0) is 7.05 Å². The van der Waals surface area contributed by atoms with Gasteiger partial charge in [0.15, 0.2) is 5.75 Å². The van der Waals surface area contributed by atoms with E-state index in [4.69, 9.17) is 9.84 Å². The molecule has 4 aromatic carbocycles. The van der Waals surface area contributed by atoms with Crippen LogP contribution < -0.4 is 10.3 Å². The molecule has 196 valence electrons. The summed E-state index contributed by atoms with van der Waals surface area (Å²) in [7, 11) is 1.67. The zero-order chi connectivity index (χ0) is 27.6. The van der Waals surface area contributed by atoms with Crippen molar-refractivity contribution < 1.29 is 14.3 Å². The molecule has 0 radical (unpaired) electrons. The molecule has 0 bridgehead atoms. The third-order valence-corrected chi connectivity index (χ3v) is 7.07. The number of hydrogen-bond acceptors (Lipinski definition) is 5. The fraction of sp³-hybridized carbons (Fsp3) is 0.0909. The minimum atomic E-state index is -0.587. The van der Waals surface area contributed by atoms with Gasteiger partial charge in [-0.3, -0.25) is 9.59 Å². The van der Waals surface area contributed by atoms with E-state index in [-0.39, 0.29) is 29.2 Å². The van der Waals surface area contributed by atoms with E-state index < -0.39 is 12.0 Å². The summed E-state index contributed by atoms with van der Waals surface area (Å²) in [5.41, 5.74) is 2.50. The largest absolute Gasteiger partial charge is 0.421 e. The van der Waals surface area contributed by atoms with Crippen molar-refractivity contribution in [1.82, 2.24) is 9.58 Å². The van der Waals surface area contributed by atoms with Crippen LogP contribution in [0.15, 0.2) is 125 Å². The maximum absolute atomic E-state index is 13.9. The van der Waals surface area contributed by atoms with Crippen LogP contribution in [-0.4, -0.2) is 27.2 Å². The first-order valence-electron chi connectivity index (χ1n) is 12.9. The van der Waals surface area contributed by atoms with Crippen molar-refractivity contribution in [3.8, 4) is 5.75 Å². The predicted molar refractivity (Wildman–Crippen MR) is 154 cm³/mol. The third kappa shape index (κ3) is 4.47. The number of aryl methyl sites for hydroxylation is 1. The Morgan fingerprint density at radius 2 is 1.35 bits per heavy atom. The molecule has 7 heteroatoms. The van der Waals surface area contributed by atoms with Gasteiger partial charge in [0.2, 0.25) is 0 Å². The number of carbonyl (C=O) groups is 2. The first-order chi connectivity index (χ1) is 19.5. The van der Waals surface area contributed by atoms with Crippen LogP contribution in [0.4, 0.5) is 0 Å². The zero-order valence-electron chi connectivity index (χ0n) is 21.7. The van der Waals surface area contributed by atoms with E-state index in [0.29, 0.717) is 27.7 Å². The minimum Gasteiger partial charge on any atom is -0.421 e. The van der Waals surface area contributed by atoms with Crippen LogP contribution in [0.3, 0.4) is 0 Å². The number of hydrogen-bond donors (Lipinski definition) is 0. The normalized spacial score (nSPS) is 14.7. The van der Waals surface area contributed by atoms with Gasteiger partial charge in [-0.05, 0) is 42.0 Å². The number of carbonyl (C=O) groups excluding carboxylic acids is 2. The van der Waals surface area contributed by atoms with Gasteiger partial charge in [-0.1, -0.05) is 78.9 Å². The van der Waals surface area contributed by atoms with Crippen molar-refractivity contribution in [3.63, 3.8) is 0 Å². The summed E-state index contributed by atoms with van der Waals surface area (Å²) >= 11 is 0. The second kappa shape index (κ2) is 10.5. The van der Waals surface area contributed by atoms with Crippen molar-refractivity contribution in [1.29, 1.82) is 0 Å². The number of ether oxygens (including phenoxy) is 1. The Balaban J connectivity index is 1.53. The van der Waals surface area contributed by atoms with Gasteiger partial charge in [-0.2, -0.15) is 5.10 Å². The first kappa shape index (κ1) is 25.0. The van der Waals surface area contributed by atoms with Crippen LogP contribution in [0.25, 0.3) is 10.9 Å². The fourth-order valence-corrected chi connectivity index (χ4v) is 5.05. The average Bonchev–Trinajstić information content (AvgIpc) is 3.45. The maximum Gasteiger partial charge on any atom is 0.343 e. The van der Waals surface area contributed by atoms with Gasteiger partial charge >= 0.3 is 5.97 Å². The van der Waals surface area contributed by atoms with Crippen LogP contribution in [0.2, 0.25) is 0 Å². The lowest BCUT2D eigenvalue weighted by Gasteiger charge is -2.22. The zero-order valence-corrected chi connectivity index (χ0v) is 21.7. The van der Waals surface area contributed by atoms with Crippen molar-refractivity contribution in [2.24, 2.45) is 12.1 Å². The monoisotopic (exact) mass is 527 g/mol. The second-order valence-corrected chi connectivity index (χ2v) is 9.53. The number of hydrazone groups is 1. The van der Waals surface area contributed by atoms with Crippen molar-refractivity contribution >= 4 is 28.5 Å². The van der Waals surface area contributed by atoms with E-state index in [1.54, 1.807) is 61.6 Å². The number of benzene rings is 4. The molecule has 1 atom stereocenters. The maximum atomic E-state index is 13.9. The van der Waals surface area contributed by atoms with Crippen molar-refractivity contribution in [2.45, 2.75) is 12.5 Å². The van der Waals surface area contributed by atoms with E-state index in [0.717, 1.165) is 5.56 Å². The fourth-order valence-electron chi connectivity index (χ4n) is 5.05. The molecule has 5 aromatic rings. The number of pyridine rings is 1. The molecule has 7 nitrogen and oxygen atoms in total. The topological polar surface area (TPSA) is 81.0 Å². The third-order valence-electron chi connectivity index (χ3n) is 7.07. The standard InChI is InChI=1S/C33H25N3O4/c1-35-27-20-12-11-19-25(27)30(40-33(39)24-17-9-4-10-18-24)29(32(35)38)26-21-28(22-13-5-2-6-14-22)36(34-26)31(37)23-15-7-3-8-16-23/h2-20,28H,21H2,1H3/t28-/m1/s1. The molecule has 0 aliphatic carbocycles. The van der Waals surface area contributed by atoms with Gasteiger partial charge in [-0.25, -0.2) is 9.80 Å². The molecule has 1 aromatic heterocycles. The number of nitrogens with zero attached hydrogens (tertiary/aromatic N) is 3. The Morgan fingerprint density at radius 3 is 2.02 bits per heavy atom. The van der Waals surface area contributed by atoms with E-state index in [2.05, 4.69) is 0 Å². The lowest BCUT2D eigenvalue weighted by molar-refractivity contribution is 0.0708. The molecule has 0 saturated carbocycles. The molecule has 0 spiro atoms. The van der Waals surface area contributed by atoms with E-state index >= 15 is 0 Å². The van der Waals surface area contributed by atoms with Gasteiger partial charge in [0.05, 0.1) is 22.8 Å². The summed E-state index contributed by atoms with van der Waals surface area (Å²) in [4.78, 5) is 40.8. The highest BCUT2D eigenvalue weighted by Gasteiger charge is 2.36. The second-order valence-electron chi connectivity index (χ2n) is 9.53. The van der Waals surface area contributed by atoms with E-state index in [1.807, 2.05) is 60.7 Å². The molecule has 2 heterocycles. The lowest BCUT2D eigenvalue weighted by Crippen LogP contribution is -2.27. The highest BCUT2D eigenvalue weighted by Crippen LogP contribution is 2.37. The molecule has 1 aliphatic heterocycles. The number of aromatic nitrogens is 1.